The number of hydrogen-bond acceptors (Lipinski definition) is 3. The topological polar surface area (TPSA) is 52.2 Å². The van der Waals surface area contributed by atoms with Crippen molar-refractivity contribution < 1.29 is 0 Å². The van der Waals surface area contributed by atoms with Gasteiger partial charge in [0.25, 0.3) is 5.56 Å². The fourth-order valence-electron chi connectivity index (χ4n) is 2.99. The third-order valence-electron chi connectivity index (χ3n) is 3.92. The predicted octanol–water partition coefficient (Wildman–Crippen LogP) is 2.83. The molecule has 110 valence electrons. The molecule has 0 radical (unpaired) electrons. The molecule has 5 nitrogen and oxygen atoms in total. The van der Waals surface area contributed by atoms with Gasteiger partial charge in [0.1, 0.15) is 0 Å². The minimum Gasteiger partial charge on any atom is -0.281 e. The van der Waals surface area contributed by atoms with E-state index in [-0.39, 0.29) is 17.4 Å². The Morgan fingerprint density at radius 3 is 2.48 bits per heavy atom. The number of hydrogen-bond donors (Lipinski definition) is 0. The lowest BCUT2D eigenvalue weighted by atomic mass is 9.96. The Kier molecular flexibility index (Phi) is 3.08. The normalized spacial score (nSPS) is 12.1. The van der Waals surface area contributed by atoms with Gasteiger partial charge in [0, 0.05) is 24.5 Å². The van der Waals surface area contributed by atoms with E-state index in [2.05, 4.69) is 42.1 Å². The number of rotatable bonds is 2. The van der Waals surface area contributed by atoms with E-state index < -0.39 is 0 Å². The molecule has 0 aliphatic carbocycles. The van der Waals surface area contributed by atoms with Crippen LogP contribution in [0.15, 0.2) is 23.3 Å². The molecule has 0 aliphatic heterocycles. The van der Waals surface area contributed by atoms with Gasteiger partial charge in [-0.05, 0) is 17.9 Å². The standard InChI is InChI=1S/C16H20N4O/c1-9(2)13-14(10(3)4)20-12-8-17-7-6-11(12)18-16(20)19(5)15(13)21/h6-10H,1-5H3. The zero-order chi connectivity index (χ0) is 15.3. The molecule has 5 heteroatoms. The molecule has 0 unspecified atom stereocenters. The largest absolute Gasteiger partial charge is 0.281 e. The Hall–Kier alpha value is -2.17. The Labute approximate surface area is 123 Å². The van der Waals surface area contributed by atoms with Crippen LogP contribution >= 0.6 is 0 Å². The van der Waals surface area contributed by atoms with E-state index in [1.807, 2.05) is 12.3 Å². The van der Waals surface area contributed by atoms with Crippen LogP contribution in [0.25, 0.3) is 16.8 Å². The van der Waals surface area contributed by atoms with E-state index in [0.717, 1.165) is 22.3 Å². The molecule has 21 heavy (non-hydrogen) atoms. The average Bonchev–Trinajstić information content (AvgIpc) is 2.81. The summed E-state index contributed by atoms with van der Waals surface area (Å²) >= 11 is 0. The maximum absolute atomic E-state index is 12.7. The molecule has 0 amide bonds. The van der Waals surface area contributed by atoms with Crippen LogP contribution in [-0.2, 0) is 7.05 Å². The van der Waals surface area contributed by atoms with Crippen molar-refractivity contribution in [2.45, 2.75) is 39.5 Å². The van der Waals surface area contributed by atoms with Crippen LogP contribution in [0, 0.1) is 0 Å². The van der Waals surface area contributed by atoms with E-state index >= 15 is 0 Å². The molecule has 3 aromatic rings. The molecule has 0 spiro atoms. The van der Waals surface area contributed by atoms with Crippen molar-refractivity contribution in [3.05, 3.63) is 40.1 Å². The van der Waals surface area contributed by atoms with Crippen LogP contribution in [0.5, 0.6) is 0 Å². The molecule has 0 N–H and O–H groups in total. The first-order valence-electron chi connectivity index (χ1n) is 7.28. The van der Waals surface area contributed by atoms with Gasteiger partial charge in [0.05, 0.1) is 17.2 Å². The lowest BCUT2D eigenvalue weighted by Crippen LogP contribution is -2.28. The lowest BCUT2D eigenvalue weighted by Gasteiger charge is -2.19. The first-order chi connectivity index (χ1) is 9.93. The van der Waals surface area contributed by atoms with Crippen molar-refractivity contribution in [3.63, 3.8) is 0 Å². The third kappa shape index (κ3) is 1.87. The Morgan fingerprint density at radius 2 is 1.86 bits per heavy atom. The molecule has 0 bridgehead atoms. The number of pyridine rings is 1. The number of aromatic nitrogens is 4. The summed E-state index contributed by atoms with van der Waals surface area (Å²) in [7, 11) is 1.78. The van der Waals surface area contributed by atoms with Crippen LogP contribution in [0.1, 0.15) is 50.8 Å². The summed E-state index contributed by atoms with van der Waals surface area (Å²) in [6, 6.07) is 1.88. The second-order valence-corrected chi connectivity index (χ2v) is 6.08. The molecule has 3 heterocycles. The maximum Gasteiger partial charge on any atom is 0.258 e. The highest BCUT2D eigenvalue weighted by molar-refractivity contribution is 5.79. The zero-order valence-corrected chi connectivity index (χ0v) is 13.1. The minimum absolute atomic E-state index is 0.0458. The van der Waals surface area contributed by atoms with Gasteiger partial charge < -0.3 is 0 Å². The van der Waals surface area contributed by atoms with Gasteiger partial charge in [-0.15, -0.1) is 0 Å². The van der Waals surface area contributed by atoms with Gasteiger partial charge in [-0.1, -0.05) is 27.7 Å². The van der Waals surface area contributed by atoms with E-state index in [1.165, 1.54) is 0 Å². The predicted molar refractivity (Wildman–Crippen MR) is 83.9 cm³/mol. The van der Waals surface area contributed by atoms with Crippen LogP contribution in [0.4, 0.5) is 0 Å². The van der Waals surface area contributed by atoms with Crippen molar-refractivity contribution in [1.29, 1.82) is 0 Å². The van der Waals surface area contributed by atoms with E-state index in [4.69, 9.17) is 0 Å². The summed E-state index contributed by atoms with van der Waals surface area (Å²) in [5.74, 6) is 1.08. The van der Waals surface area contributed by atoms with Crippen molar-refractivity contribution >= 4 is 16.8 Å². The number of imidazole rings is 1. The van der Waals surface area contributed by atoms with Crippen molar-refractivity contribution in [1.82, 2.24) is 18.9 Å². The highest BCUT2D eigenvalue weighted by atomic mass is 16.1. The Morgan fingerprint density at radius 1 is 1.14 bits per heavy atom. The monoisotopic (exact) mass is 284 g/mol. The first-order valence-corrected chi connectivity index (χ1v) is 7.28. The maximum atomic E-state index is 12.7. The van der Waals surface area contributed by atoms with E-state index in [1.54, 1.807) is 17.8 Å². The Bertz CT molecular complexity index is 887. The van der Waals surface area contributed by atoms with Gasteiger partial charge in [-0.25, -0.2) is 4.98 Å². The smallest absolute Gasteiger partial charge is 0.258 e. The summed E-state index contributed by atoms with van der Waals surface area (Å²) in [6.07, 6.45) is 3.54. The highest BCUT2D eigenvalue weighted by Crippen LogP contribution is 2.27. The zero-order valence-electron chi connectivity index (χ0n) is 13.1. The fourth-order valence-corrected chi connectivity index (χ4v) is 2.99. The minimum atomic E-state index is 0.0458. The van der Waals surface area contributed by atoms with Gasteiger partial charge in [-0.3, -0.25) is 18.7 Å². The number of fused-ring (bicyclic) bond motifs is 3. The van der Waals surface area contributed by atoms with Crippen molar-refractivity contribution in [3.8, 4) is 0 Å². The molecule has 0 saturated carbocycles. The molecule has 0 saturated heterocycles. The van der Waals surface area contributed by atoms with Crippen LogP contribution < -0.4 is 5.56 Å². The number of aryl methyl sites for hydroxylation is 1. The molecule has 0 fully saturated rings. The van der Waals surface area contributed by atoms with Crippen LogP contribution in [-0.4, -0.2) is 18.9 Å². The van der Waals surface area contributed by atoms with E-state index in [9.17, 15) is 4.79 Å². The molecule has 3 rings (SSSR count). The fraction of sp³-hybridized carbons (Fsp3) is 0.438. The van der Waals surface area contributed by atoms with Crippen LogP contribution in [0.3, 0.4) is 0 Å². The second kappa shape index (κ2) is 4.69. The molecular weight excluding hydrogens is 264 g/mol. The SMILES string of the molecule is CC(C)c1c(C(C)C)n2c3cnccc3nc2n(C)c1=O. The van der Waals surface area contributed by atoms with Gasteiger partial charge in [0.2, 0.25) is 5.78 Å². The van der Waals surface area contributed by atoms with E-state index in [0.29, 0.717) is 5.78 Å². The van der Waals surface area contributed by atoms with Gasteiger partial charge in [-0.2, -0.15) is 0 Å². The lowest BCUT2D eigenvalue weighted by molar-refractivity contribution is 0.695. The summed E-state index contributed by atoms with van der Waals surface area (Å²) in [4.78, 5) is 21.5. The molecule has 3 aromatic heterocycles. The summed E-state index contributed by atoms with van der Waals surface area (Å²) < 4.78 is 3.73. The third-order valence-corrected chi connectivity index (χ3v) is 3.92. The summed E-state index contributed by atoms with van der Waals surface area (Å²) in [5, 5.41) is 0. The van der Waals surface area contributed by atoms with Crippen molar-refractivity contribution in [2.24, 2.45) is 7.05 Å². The van der Waals surface area contributed by atoms with Gasteiger partial charge in [0.15, 0.2) is 0 Å². The van der Waals surface area contributed by atoms with Crippen molar-refractivity contribution in [2.75, 3.05) is 0 Å². The Balaban J connectivity index is 2.65. The molecule has 0 atom stereocenters. The first kappa shape index (κ1) is 13.8. The molecule has 0 aliphatic rings. The summed E-state index contributed by atoms with van der Waals surface area (Å²) in [5.41, 5.74) is 3.77. The van der Waals surface area contributed by atoms with Gasteiger partial charge >= 0.3 is 0 Å². The quantitative estimate of drug-likeness (QED) is 0.727. The average molecular weight is 284 g/mol. The molecule has 0 aromatic carbocycles. The molecular formula is C16H20N4O. The number of nitrogens with zero attached hydrogens (tertiary/aromatic N) is 4. The highest BCUT2D eigenvalue weighted by Gasteiger charge is 2.22. The second-order valence-electron chi connectivity index (χ2n) is 6.08. The summed E-state index contributed by atoms with van der Waals surface area (Å²) in [6.45, 7) is 8.35. The van der Waals surface area contributed by atoms with Crippen LogP contribution in [0.2, 0.25) is 0 Å².